The number of carbonyl (C=O) groups excluding carboxylic acids is 2. The molecule has 0 spiro atoms. The van der Waals surface area contributed by atoms with E-state index in [1.807, 2.05) is 30.3 Å². The van der Waals surface area contributed by atoms with Crippen LogP contribution in [0.3, 0.4) is 0 Å². The average molecular weight is 431 g/mol. The van der Waals surface area contributed by atoms with Crippen molar-refractivity contribution in [1.29, 1.82) is 0 Å². The minimum absolute atomic E-state index is 0.104. The van der Waals surface area contributed by atoms with Crippen LogP contribution < -0.4 is 10.1 Å². The predicted octanol–water partition coefficient (Wildman–Crippen LogP) is 5.64. The Kier molecular flexibility index (Phi) is 8.03. The van der Waals surface area contributed by atoms with Gasteiger partial charge in [0.2, 0.25) is 0 Å². The van der Waals surface area contributed by atoms with Crippen LogP contribution in [-0.2, 0) is 6.54 Å². The summed E-state index contributed by atoms with van der Waals surface area (Å²) in [5.41, 5.74) is 2.69. The second-order valence-corrected chi connectivity index (χ2v) is 8.24. The molecular formula is C27H30N2O3. The van der Waals surface area contributed by atoms with E-state index in [4.69, 9.17) is 4.74 Å². The molecule has 0 atom stereocenters. The number of amides is 2. The fourth-order valence-corrected chi connectivity index (χ4v) is 3.20. The number of hydrogen-bond donors (Lipinski definition) is 1. The van der Waals surface area contributed by atoms with Gasteiger partial charge in [-0.2, -0.15) is 0 Å². The van der Waals surface area contributed by atoms with Crippen LogP contribution in [0.15, 0.2) is 78.9 Å². The Bertz CT molecular complexity index is 1030. The molecule has 0 aliphatic heterocycles. The molecule has 32 heavy (non-hydrogen) atoms. The van der Waals surface area contributed by atoms with Crippen molar-refractivity contribution in [2.24, 2.45) is 5.92 Å². The van der Waals surface area contributed by atoms with Crippen molar-refractivity contribution in [2.45, 2.75) is 26.8 Å². The highest BCUT2D eigenvalue weighted by Crippen LogP contribution is 2.17. The Hall–Kier alpha value is -3.60. The quantitative estimate of drug-likeness (QED) is 0.478. The second kappa shape index (κ2) is 11.1. The zero-order chi connectivity index (χ0) is 22.9. The van der Waals surface area contributed by atoms with E-state index in [0.717, 1.165) is 17.7 Å². The molecule has 0 fully saturated rings. The normalized spacial score (nSPS) is 10.6. The summed E-state index contributed by atoms with van der Waals surface area (Å²) in [6.07, 6.45) is 0.984. The minimum atomic E-state index is -0.235. The zero-order valence-electron chi connectivity index (χ0n) is 18.9. The fourth-order valence-electron chi connectivity index (χ4n) is 3.20. The lowest BCUT2D eigenvalue weighted by Gasteiger charge is -2.18. The molecular weight excluding hydrogens is 400 g/mol. The van der Waals surface area contributed by atoms with Gasteiger partial charge in [-0.15, -0.1) is 0 Å². The maximum Gasteiger partial charge on any atom is 0.255 e. The summed E-state index contributed by atoms with van der Waals surface area (Å²) in [5.74, 6) is 0.992. The molecule has 0 aliphatic rings. The average Bonchev–Trinajstić information content (AvgIpc) is 2.79. The number of rotatable bonds is 9. The molecule has 3 rings (SSSR count). The van der Waals surface area contributed by atoms with Crippen LogP contribution >= 0.6 is 0 Å². The van der Waals surface area contributed by atoms with Gasteiger partial charge in [0.1, 0.15) is 5.75 Å². The molecule has 2 amide bonds. The number of anilines is 1. The van der Waals surface area contributed by atoms with Crippen LogP contribution in [0.1, 0.15) is 46.5 Å². The highest BCUT2D eigenvalue weighted by atomic mass is 16.5. The van der Waals surface area contributed by atoms with Crippen LogP contribution in [0.25, 0.3) is 0 Å². The number of nitrogens with zero attached hydrogens (tertiary/aromatic N) is 1. The maximum absolute atomic E-state index is 12.8. The molecule has 3 aromatic rings. The maximum atomic E-state index is 12.8. The molecule has 0 saturated heterocycles. The van der Waals surface area contributed by atoms with E-state index in [-0.39, 0.29) is 11.8 Å². The van der Waals surface area contributed by atoms with Gasteiger partial charge in [0.15, 0.2) is 0 Å². The summed E-state index contributed by atoms with van der Waals surface area (Å²) >= 11 is 0. The lowest BCUT2D eigenvalue weighted by Crippen LogP contribution is -2.26. The van der Waals surface area contributed by atoms with E-state index >= 15 is 0 Å². The van der Waals surface area contributed by atoms with Crippen LogP contribution in [-0.4, -0.2) is 30.4 Å². The van der Waals surface area contributed by atoms with Crippen molar-refractivity contribution in [3.8, 4) is 5.75 Å². The number of benzene rings is 3. The fraction of sp³-hybridized carbons (Fsp3) is 0.259. The summed E-state index contributed by atoms with van der Waals surface area (Å²) in [5, 5.41) is 2.87. The Labute approximate surface area is 190 Å². The van der Waals surface area contributed by atoms with E-state index in [0.29, 0.717) is 35.9 Å². The Morgan fingerprint density at radius 1 is 0.906 bits per heavy atom. The van der Waals surface area contributed by atoms with E-state index in [9.17, 15) is 9.59 Å². The van der Waals surface area contributed by atoms with E-state index in [2.05, 4.69) is 19.2 Å². The molecule has 0 heterocycles. The monoisotopic (exact) mass is 430 g/mol. The van der Waals surface area contributed by atoms with Crippen molar-refractivity contribution < 1.29 is 14.3 Å². The predicted molar refractivity (Wildman–Crippen MR) is 128 cm³/mol. The lowest BCUT2D eigenvalue weighted by atomic mass is 10.1. The molecule has 0 radical (unpaired) electrons. The van der Waals surface area contributed by atoms with Gasteiger partial charge in [0.25, 0.3) is 11.8 Å². The molecule has 0 bridgehead atoms. The van der Waals surface area contributed by atoms with E-state index < -0.39 is 0 Å². The van der Waals surface area contributed by atoms with Gasteiger partial charge < -0.3 is 15.0 Å². The van der Waals surface area contributed by atoms with Gasteiger partial charge in [-0.25, -0.2) is 0 Å². The van der Waals surface area contributed by atoms with Gasteiger partial charge in [-0.3, -0.25) is 9.59 Å². The SMILES string of the molecule is CC(C)CCOc1ccc(C(=O)Nc2cccc(C(=O)N(C)Cc3ccccc3)c2)cc1. The molecule has 0 saturated carbocycles. The summed E-state index contributed by atoms with van der Waals surface area (Å²) in [6.45, 7) is 5.48. The molecule has 1 N–H and O–H groups in total. The number of hydrogen-bond acceptors (Lipinski definition) is 3. The Morgan fingerprint density at radius 2 is 1.62 bits per heavy atom. The van der Waals surface area contributed by atoms with E-state index in [1.165, 1.54) is 0 Å². The number of carbonyl (C=O) groups is 2. The first-order chi connectivity index (χ1) is 15.4. The first-order valence-electron chi connectivity index (χ1n) is 10.9. The smallest absolute Gasteiger partial charge is 0.255 e. The topological polar surface area (TPSA) is 58.6 Å². The van der Waals surface area contributed by atoms with E-state index in [1.54, 1.807) is 60.5 Å². The van der Waals surface area contributed by atoms with Crippen molar-refractivity contribution in [1.82, 2.24) is 4.90 Å². The van der Waals surface area contributed by atoms with Gasteiger partial charge in [-0.1, -0.05) is 50.2 Å². The van der Waals surface area contributed by atoms with Crippen LogP contribution in [0.5, 0.6) is 5.75 Å². The number of ether oxygens (including phenoxy) is 1. The van der Waals surface area contributed by atoms with Crippen molar-refractivity contribution in [2.75, 3.05) is 19.0 Å². The van der Waals surface area contributed by atoms with Crippen LogP contribution in [0.2, 0.25) is 0 Å². The first-order valence-corrected chi connectivity index (χ1v) is 10.9. The third-order valence-corrected chi connectivity index (χ3v) is 5.06. The van der Waals surface area contributed by atoms with Gasteiger partial charge in [-0.05, 0) is 60.4 Å². The standard InChI is InChI=1S/C27H30N2O3/c1-20(2)16-17-32-25-14-12-22(13-15-25)26(30)28-24-11-7-10-23(18-24)27(31)29(3)19-21-8-5-4-6-9-21/h4-15,18,20H,16-17,19H2,1-3H3,(H,28,30). The lowest BCUT2D eigenvalue weighted by molar-refractivity contribution is 0.0784. The van der Waals surface area contributed by atoms with Gasteiger partial charge >= 0.3 is 0 Å². The molecule has 0 unspecified atom stereocenters. The third-order valence-electron chi connectivity index (χ3n) is 5.06. The van der Waals surface area contributed by atoms with Crippen molar-refractivity contribution in [3.63, 3.8) is 0 Å². The second-order valence-electron chi connectivity index (χ2n) is 8.24. The van der Waals surface area contributed by atoms with Crippen molar-refractivity contribution >= 4 is 17.5 Å². The minimum Gasteiger partial charge on any atom is -0.494 e. The first kappa shape index (κ1) is 23.1. The van der Waals surface area contributed by atoms with Crippen molar-refractivity contribution in [3.05, 3.63) is 95.6 Å². The Balaban J connectivity index is 1.60. The van der Waals surface area contributed by atoms with Crippen LogP contribution in [0.4, 0.5) is 5.69 Å². The zero-order valence-corrected chi connectivity index (χ0v) is 18.9. The molecule has 0 aromatic heterocycles. The van der Waals surface area contributed by atoms with Gasteiger partial charge in [0.05, 0.1) is 6.61 Å². The summed E-state index contributed by atoms with van der Waals surface area (Å²) in [7, 11) is 1.77. The number of nitrogens with one attached hydrogen (secondary N) is 1. The molecule has 5 nitrogen and oxygen atoms in total. The van der Waals surface area contributed by atoms with Gasteiger partial charge in [0, 0.05) is 30.4 Å². The molecule has 166 valence electrons. The highest BCUT2D eigenvalue weighted by Gasteiger charge is 2.14. The molecule has 0 aliphatic carbocycles. The molecule has 5 heteroatoms. The largest absolute Gasteiger partial charge is 0.494 e. The third kappa shape index (κ3) is 6.71. The van der Waals surface area contributed by atoms with Crippen LogP contribution in [0, 0.1) is 5.92 Å². The Morgan fingerprint density at radius 3 is 2.31 bits per heavy atom. The summed E-state index contributed by atoms with van der Waals surface area (Å²) in [6, 6.07) is 23.9. The highest BCUT2D eigenvalue weighted by molar-refractivity contribution is 6.05. The summed E-state index contributed by atoms with van der Waals surface area (Å²) < 4.78 is 5.70. The summed E-state index contributed by atoms with van der Waals surface area (Å²) in [4.78, 5) is 27.1. The molecule has 3 aromatic carbocycles.